The molecule has 0 heterocycles. The van der Waals surface area contributed by atoms with E-state index in [0.29, 0.717) is 6.07 Å². The largest absolute Gasteiger partial charge is 0.469 e. The van der Waals surface area contributed by atoms with E-state index in [9.17, 15) is 18.4 Å². The lowest BCUT2D eigenvalue weighted by atomic mass is 10.3. The summed E-state index contributed by atoms with van der Waals surface area (Å²) in [5.74, 6) is -2.24. The average Bonchev–Trinajstić information content (AvgIpc) is 2.39. The van der Waals surface area contributed by atoms with Gasteiger partial charge in [-0.25, -0.2) is 8.78 Å². The summed E-state index contributed by atoms with van der Waals surface area (Å²) in [5.41, 5.74) is -0.0716. The van der Waals surface area contributed by atoms with Crippen LogP contribution < -0.4 is 5.32 Å². The molecule has 0 saturated heterocycles. The third-order valence-corrected chi connectivity index (χ3v) is 3.55. The maximum atomic E-state index is 13.3. The second-order valence-electron chi connectivity index (χ2n) is 4.07. The Morgan fingerprint density at radius 1 is 1.40 bits per heavy atom. The van der Waals surface area contributed by atoms with E-state index < -0.39 is 17.5 Å². The van der Waals surface area contributed by atoms with Crippen LogP contribution in [0.5, 0.6) is 0 Å². The summed E-state index contributed by atoms with van der Waals surface area (Å²) in [6.45, 7) is 1.79. The van der Waals surface area contributed by atoms with Gasteiger partial charge < -0.3 is 10.1 Å². The van der Waals surface area contributed by atoms with Gasteiger partial charge in [-0.3, -0.25) is 9.59 Å². The highest BCUT2D eigenvalue weighted by Crippen LogP contribution is 2.17. The molecule has 0 radical (unpaired) electrons. The summed E-state index contributed by atoms with van der Waals surface area (Å²) in [5, 5.41) is 2.25. The van der Waals surface area contributed by atoms with E-state index >= 15 is 0 Å². The monoisotopic (exact) mass is 303 g/mol. The summed E-state index contributed by atoms with van der Waals surface area (Å²) >= 11 is 1.25. The smallest absolute Gasteiger partial charge is 0.306 e. The van der Waals surface area contributed by atoms with Crippen LogP contribution in [0.3, 0.4) is 0 Å². The van der Waals surface area contributed by atoms with Crippen molar-refractivity contribution in [2.75, 3.05) is 18.2 Å². The zero-order valence-corrected chi connectivity index (χ0v) is 11.9. The number of thioether (sulfide) groups is 1. The Morgan fingerprint density at radius 3 is 2.70 bits per heavy atom. The van der Waals surface area contributed by atoms with Crippen LogP contribution in [-0.2, 0) is 14.3 Å². The zero-order valence-electron chi connectivity index (χ0n) is 11.1. The Morgan fingerprint density at radius 2 is 2.10 bits per heavy atom. The Bertz CT molecular complexity index is 497. The quantitative estimate of drug-likeness (QED) is 0.821. The molecule has 1 unspecified atom stereocenters. The number of benzene rings is 1. The second kappa shape index (κ2) is 7.84. The number of hydrogen-bond donors (Lipinski definition) is 1. The second-order valence-corrected chi connectivity index (χ2v) is 5.50. The maximum absolute atomic E-state index is 13.3. The van der Waals surface area contributed by atoms with E-state index in [1.807, 2.05) is 0 Å². The van der Waals surface area contributed by atoms with Gasteiger partial charge in [0.2, 0.25) is 5.91 Å². The first-order chi connectivity index (χ1) is 9.42. The van der Waals surface area contributed by atoms with Crippen molar-refractivity contribution >= 4 is 29.3 Å². The summed E-state index contributed by atoms with van der Waals surface area (Å²) in [6, 6.07) is 2.92. The molecule has 0 saturated carbocycles. The summed E-state index contributed by atoms with van der Waals surface area (Å²) in [7, 11) is 1.30. The summed E-state index contributed by atoms with van der Waals surface area (Å²) in [4.78, 5) is 22.6. The highest BCUT2D eigenvalue weighted by molar-refractivity contribution is 8.00. The third-order valence-electron chi connectivity index (χ3n) is 2.39. The number of ether oxygens (including phenoxy) is 1. The number of rotatable bonds is 6. The van der Waals surface area contributed by atoms with Crippen molar-refractivity contribution in [3.8, 4) is 0 Å². The molecule has 1 aromatic carbocycles. The molecule has 0 aliphatic heterocycles. The van der Waals surface area contributed by atoms with Crippen LogP contribution in [0.15, 0.2) is 18.2 Å². The lowest BCUT2D eigenvalue weighted by Crippen LogP contribution is -2.18. The van der Waals surface area contributed by atoms with Gasteiger partial charge in [-0.05, 0) is 12.1 Å². The van der Waals surface area contributed by atoms with Crippen molar-refractivity contribution in [1.82, 2.24) is 0 Å². The molecule has 4 nitrogen and oxygen atoms in total. The zero-order chi connectivity index (χ0) is 15.1. The molecule has 1 rings (SSSR count). The summed E-state index contributed by atoms with van der Waals surface area (Å²) < 4.78 is 30.5. The van der Waals surface area contributed by atoms with E-state index in [-0.39, 0.29) is 29.1 Å². The average molecular weight is 303 g/mol. The van der Waals surface area contributed by atoms with Gasteiger partial charge >= 0.3 is 5.97 Å². The molecule has 1 aromatic rings. The van der Waals surface area contributed by atoms with Crippen LogP contribution in [-0.4, -0.2) is 30.0 Å². The molecule has 1 atom stereocenters. The highest BCUT2D eigenvalue weighted by atomic mass is 32.2. The van der Waals surface area contributed by atoms with Crippen molar-refractivity contribution < 1.29 is 23.1 Å². The number of carbonyl (C=O) groups is 2. The van der Waals surface area contributed by atoms with E-state index in [1.54, 1.807) is 6.92 Å². The van der Waals surface area contributed by atoms with Gasteiger partial charge in [-0.2, -0.15) is 0 Å². The van der Waals surface area contributed by atoms with E-state index in [2.05, 4.69) is 10.1 Å². The van der Waals surface area contributed by atoms with Crippen LogP contribution in [0.1, 0.15) is 13.3 Å². The van der Waals surface area contributed by atoms with Gasteiger partial charge in [0.05, 0.1) is 25.0 Å². The SMILES string of the molecule is COC(=O)CC(C)SCC(=O)Nc1ccc(F)cc1F. The van der Waals surface area contributed by atoms with E-state index in [0.717, 1.165) is 12.1 Å². The minimum Gasteiger partial charge on any atom is -0.469 e. The minimum absolute atomic E-state index is 0.0645. The number of methoxy groups -OCH3 is 1. The fourth-order valence-corrected chi connectivity index (χ4v) is 2.13. The molecule has 0 aromatic heterocycles. The third kappa shape index (κ3) is 5.56. The molecule has 0 spiro atoms. The van der Waals surface area contributed by atoms with Gasteiger partial charge in [0.1, 0.15) is 11.6 Å². The Kier molecular flexibility index (Phi) is 6.44. The molecule has 0 aliphatic rings. The number of esters is 1. The topological polar surface area (TPSA) is 55.4 Å². The number of halogens is 2. The predicted molar refractivity (Wildman–Crippen MR) is 73.5 cm³/mol. The van der Waals surface area contributed by atoms with Crippen LogP contribution in [0.25, 0.3) is 0 Å². The normalized spacial score (nSPS) is 11.8. The first kappa shape index (κ1) is 16.4. The number of hydrogen-bond acceptors (Lipinski definition) is 4. The molecule has 110 valence electrons. The predicted octanol–water partition coefficient (Wildman–Crippen LogP) is 2.59. The molecule has 7 heteroatoms. The van der Waals surface area contributed by atoms with Crippen LogP contribution in [0.2, 0.25) is 0 Å². The molecular formula is C13H15F2NO3S. The molecule has 0 bridgehead atoms. The van der Waals surface area contributed by atoms with E-state index in [1.165, 1.54) is 18.9 Å². The van der Waals surface area contributed by atoms with Crippen molar-refractivity contribution in [3.63, 3.8) is 0 Å². The summed E-state index contributed by atoms with van der Waals surface area (Å²) in [6.07, 6.45) is 0.194. The van der Waals surface area contributed by atoms with Crippen molar-refractivity contribution in [2.24, 2.45) is 0 Å². The van der Waals surface area contributed by atoms with E-state index in [4.69, 9.17) is 0 Å². The lowest BCUT2D eigenvalue weighted by Gasteiger charge is -2.10. The molecule has 20 heavy (non-hydrogen) atoms. The highest BCUT2D eigenvalue weighted by Gasteiger charge is 2.13. The standard InChI is InChI=1S/C13H15F2NO3S/c1-8(5-13(18)19-2)20-7-12(17)16-11-4-3-9(14)6-10(11)15/h3-4,6,8H,5,7H2,1-2H3,(H,16,17). The Hall–Kier alpha value is -1.63. The first-order valence-electron chi connectivity index (χ1n) is 5.85. The van der Waals surface area contributed by atoms with Gasteiger partial charge in [0.15, 0.2) is 0 Å². The van der Waals surface area contributed by atoms with Crippen LogP contribution >= 0.6 is 11.8 Å². The number of nitrogens with one attached hydrogen (secondary N) is 1. The number of anilines is 1. The molecule has 1 amide bonds. The van der Waals surface area contributed by atoms with Crippen LogP contribution in [0.4, 0.5) is 14.5 Å². The number of amides is 1. The Balaban J connectivity index is 2.42. The first-order valence-corrected chi connectivity index (χ1v) is 6.90. The fraction of sp³-hybridized carbons (Fsp3) is 0.385. The maximum Gasteiger partial charge on any atom is 0.306 e. The van der Waals surface area contributed by atoms with Crippen molar-refractivity contribution in [2.45, 2.75) is 18.6 Å². The van der Waals surface area contributed by atoms with Gasteiger partial charge in [-0.15, -0.1) is 11.8 Å². The number of carbonyl (C=O) groups excluding carboxylic acids is 2. The Labute approximate surface area is 119 Å². The molecule has 1 N–H and O–H groups in total. The van der Waals surface area contributed by atoms with Gasteiger partial charge in [-0.1, -0.05) is 6.92 Å². The van der Waals surface area contributed by atoms with Crippen molar-refractivity contribution in [1.29, 1.82) is 0 Å². The van der Waals surface area contributed by atoms with Crippen molar-refractivity contribution in [3.05, 3.63) is 29.8 Å². The minimum atomic E-state index is -0.828. The van der Waals surface area contributed by atoms with Crippen LogP contribution in [0, 0.1) is 11.6 Å². The molecule has 0 fully saturated rings. The lowest BCUT2D eigenvalue weighted by molar-refractivity contribution is -0.140. The van der Waals surface area contributed by atoms with Gasteiger partial charge in [0.25, 0.3) is 0 Å². The molecular weight excluding hydrogens is 288 g/mol. The van der Waals surface area contributed by atoms with Gasteiger partial charge in [0, 0.05) is 11.3 Å². The fourth-order valence-electron chi connectivity index (χ4n) is 1.37. The molecule has 0 aliphatic carbocycles.